The second-order valence-corrected chi connectivity index (χ2v) is 4.06. The van der Waals surface area contributed by atoms with Gasteiger partial charge in [-0.05, 0) is 46.8 Å². The van der Waals surface area contributed by atoms with Gasteiger partial charge in [0.1, 0.15) is 10.5 Å². The molecule has 0 N–H and O–H groups in total. The van der Waals surface area contributed by atoms with Crippen molar-refractivity contribution in [2.24, 2.45) is 0 Å². The summed E-state index contributed by atoms with van der Waals surface area (Å²) in [5.74, 6) is 0. The first-order valence-electron chi connectivity index (χ1n) is 5.29. The topological polar surface area (TPSA) is 12.5 Å². The van der Waals surface area contributed by atoms with Crippen molar-refractivity contribution >= 4 is 10.5 Å². The van der Waals surface area contributed by atoms with E-state index >= 15 is 0 Å². The van der Waals surface area contributed by atoms with E-state index in [1.807, 2.05) is 13.8 Å². The van der Waals surface area contributed by atoms with Gasteiger partial charge in [0.05, 0.1) is 0 Å². The number of rotatable bonds is 5. The molecule has 0 amide bonds. The molecule has 0 fully saturated rings. The van der Waals surface area contributed by atoms with Gasteiger partial charge in [-0.3, -0.25) is 0 Å². The highest BCUT2D eigenvalue weighted by molar-refractivity contribution is 5.98. The second-order valence-electron chi connectivity index (χ2n) is 3.59. The summed E-state index contributed by atoms with van der Waals surface area (Å²) >= 11 is 0. The van der Waals surface area contributed by atoms with Gasteiger partial charge in [0.15, 0.2) is 0 Å². The van der Waals surface area contributed by atoms with Gasteiger partial charge in [0.2, 0.25) is 0 Å². The van der Waals surface area contributed by atoms with Crippen molar-refractivity contribution in [3.05, 3.63) is 0 Å². The van der Waals surface area contributed by atoms with Crippen LogP contribution in [-0.4, -0.2) is 41.6 Å². The molecule has 0 atom stereocenters. The lowest BCUT2D eigenvalue weighted by Gasteiger charge is -2.12. The van der Waals surface area contributed by atoms with Gasteiger partial charge in [-0.15, -0.1) is 0 Å². The zero-order valence-electron chi connectivity index (χ0n) is 10.3. The van der Waals surface area contributed by atoms with E-state index in [0.717, 1.165) is 10.5 Å². The first kappa shape index (κ1) is 15.6. The van der Waals surface area contributed by atoms with Gasteiger partial charge in [0.25, 0.3) is 0 Å². The van der Waals surface area contributed by atoms with Gasteiger partial charge >= 0.3 is 0 Å². The molecule has 82 valence electrons. The van der Waals surface area contributed by atoms with Crippen LogP contribution in [0.2, 0.25) is 0 Å². The predicted octanol–water partition coefficient (Wildman–Crippen LogP) is 1.43. The van der Waals surface area contributed by atoms with Crippen molar-refractivity contribution in [1.29, 1.82) is 0 Å². The molecular weight excluding hydrogens is 178 g/mol. The number of nitrogens with zero attached hydrogens (tertiary/aromatic N) is 1. The summed E-state index contributed by atoms with van der Waals surface area (Å²) in [5, 5.41) is 0. The Kier molecular flexibility index (Phi) is 14.6. The average Bonchev–Trinajstić information content (AvgIpc) is 2.06. The fraction of sp³-hybridized carbons (Fsp3) is 1.00. The van der Waals surface area contributed by atoms with E-state index in [4.69, 9.17) is 4.43 Å². The quantitative estimate of drug-likeness (QED) is 0.630. The van der Waals surface area contributed by atoms with Crippen LogP contribution >= 0.6 is 0 Å². The lowest BCUT2D eigenvalue weighted by atomic mass is 10.4. The summed E-state index contributed by atoms with van der Waals surface area (Å²) in [6.07, 6.45) is 2.99. The first-order chi connectivity index (χ1) is 6.08. The van der Waals surface area contributed by atoms with Crippen LogP contribution in [0.25, 0.3) is 0 Å². The molecule has 0 spiro atoms. The summed E-state index contributed by atoms with van der Waals surface area (Å²) in [4.78, 5) is 2.36. The van der Waals surface area contributed by atoms with E-state index < -0.39 is 0 Å². The van der Waals surface area contributed by atoms with Gasteiger partial charge in [-0.2, -0.15) is 0 Å². The maximum absolute atomic E-state index is 4.89. The van der Waals surface area contributed by atoms with Gasteiger partial charge in [0, 0.05) is 6.10 Å². The van der Waals surface area contributed by atoms with E-state index in [2.05, 4.69) is 25.8 Å². The Hall–Kier alpha value is 0.137. The standard InChI is InChI=1S/C7H17N.C3H10OSi/c1-4-6-8(3)7-5-2;1-3(2)4-5/h4-7H2,1-3H3;3H,1-2,5H3. The van der Waals surface area contributed by atoms with Crippen molar-refractivity contribution in [2.75, 3.05) is 20.1 Å². The molecule has 0 aliphatic rings. The van der Waals surface area contributed by atoms with Gasteiger partial charge < -0.3 is 9.33 Å². The summed E-state index contributed by atoms with van der Waals surface area (Å²) in [6, 6.07) is 0. The average molecular weight is 205 g/mol. The van der Waals surface area contributed by atoms with Crippen LogP contribution in [0.5, 0.6) is 0 Å². The minimum absolute atomic E-state index is 0.446. The molecular formula is C10H27NOSi. The third-order valence-corrected chi connectivity index (χ3v) is 2.62. The maximum Gasteiger partial charge on any atom is 0.146 e. The Morgan fingerprint density at radius 3 is 1.62 bits per heavy atom. The van der Waals surface area contributed by atoms with Crippen LogP contribution in [0.15, 0.2) is 0 Å². The van der Waals surface area contributed by atoms with Crippen LogP contribution in [0.3, 0.4) is 0 Å². The van der Waals surface area contributed by atoms with Crippen LogP contribution in [-0.2, 0) is 4.43 Å². The highest BCUT2D eigenvalue weighted by Crippen LogP contribution is 1.86. The SMILES string of the molecule is CC(C)O[SiH3].CCCN(C)CCC. The third kappa shape index (κ3) is 18.8. The normalized spacial score (nSPS) is 10.4. The fourth-order valence-electron chi connectivity index (χ4n) is 0.875. The number of hydrogen-bond donors (Lipinski definition) is 0. The largest absolute Gasteiger partial charge is 0.426 e. The lowest BCUT2D eigenvalue weighted by molar-refractivity contribution is 0.267. The highest BCUT2D eigenvalue weighted by atomic mass is 28.2. The van der Waals surface area contributed by atoms with E-state index in [-0.39, 0.29) is 0 Å². The molecule has 0 aliphatic carbocycles. The van der Waals surface area contributed by atoms with Crippen molar-refractivity contribution in [2.45, 2.75) is 46.6 Å². The molecule has 3 heteroatoms. The summed E-state index contributed by atoms with van der Waals surface area (Å²) < 4.78 is 4.89. The van der Waals surface area contributed by atoms with Crippen LogP contribution in [0, 0.1) is 0 Å². The molecule has 0 radical (unpaired) electrons. The minimum atomic E-state index is 0.446. The van der Waals surface area contributed by atoms with Gasteiger partial charge in [-0.25, -0.2) is 0 Å². The van der Waals surface area contributed by atoms with Crippen molar-refractivity contribution in [3.8, 4) is 0 Å². The van der Waals surface area contributed by atoms with E-state index in [9.17, 15) is 0 Å². The van der Waals surface area contributed by atoms with Crippen molar-refractivity contribution in [3.63, 3.8) is 0 Å². The molecule has 2 nitrogen and oxygen atoms in total. The van der Waals surface area contributed by atoms with Gasteiger partial charge in [-0.1, -0.05) is 13.8 Å². The molecule has 0 bridgehead atoms. The molecule has 0 saturated carbocycles. The molecule has 0 aromatic rings. The van der Waals surface area contributed by atoms with Crippen LogP contribution in [0.4, 0.5) is 0 Å². The predicted molar refractivity (Wildman–Crippen MR) is 64.2 cm³/mol. The molecule has 13 heavy (non-hydrogen) atoms. The number of hydrogen-bond acceptors (Lipinski definition) is 2. The summed E-state index contributed by atoms with van der Waals surface area (Å²) in [6.45, 7) is 11.0. The smallest absolute Gasteiger partial charge is 0.146 e. The Labute approximate surface area is 87.2 Å². The first-order valence-corrected chi connectivity index (χ1v) is 6.11. The van der Waals surface area contributed by atoms with Crippen molar-refractivity contribution in [1.82, 2.24) is 4.90 Å². The van der Waals surface area contributed by atoms with Crippen molar-refractivity contribution < 1.29 is 4.43 Å². The minimum Gasteiger partial charge on any atom is -0.426 e. The zero-order chi connectivity index (χ0) is 10.7. The molecule has 0 heterocycles. The van der Waals surface area contributed by atoms with Crippen LogP contribution in [0.1, 0.15) is 40.5 Å². The summed E-state index contributed by atoms with van der Waals surface area (Å²) in [7, 11) is 3.05. The Balaban J connectivity index is 0. The van der Waals surface area contributed by atoms with E-state index in [0.29, 0.717) is 6.10 Å². The molecule has 0 aliphatic heterocycles. The van der Waals surface area contributed by atoms with E-state index in [1.165, 1.54) is 25.9 Å². The third-order valence-electron chi connectivity index (χ3n) is 1.68. The fourth-order valence-corrected chi connectivity index (χ4v) is 0.875. The Morgan fingerprint density at radius 2 is 1.46 bits per heavy atom. The molecule has 0 rings (SSSR count). The molecule has 0 aromatic heterocycles. The Morgan fingerprint density at radius 1 is 1.15 bits per heavy atom. The summed E-state index contributed by atoms with van der Waals surface area (Å²) in [5.41, 5.74) is 0. The molecule has 0 saturated heterocycles. The highest BCUT2D eigenvalue weighted by Gasteiger charge is 1.90. The maximum atomic E-state index is 4.89. The molecule has 0 unspecified atom stereocenters. The molecule has 0 aromatic carbocycles. The Bertz CT molecular complexity index is 83.0. The van der Waals surface area contributed by atoms with Crippen LogP contribution < -0.4 is 0 Å². The lowest BCUT2D eigenvalue weighted by Crippen LogP contribution is -2.19. The monoisotopic (exact) mass is 205 g/mol. The second kappa shape index (κ2) is 12.1. The van der Waals surface area contributed by atoms with E-state index in [1.54, 1.807) is 0 Å². The zero-order valence-corrected chi connectivity index (χ0v) is 12.3.